The lowest BCUT2D eigenvalue weighted by Crippen LogP contribution is -1.91. The highest BCUT2D eigenvalue weighted by Crippen LogP contribution is 2.27. The molecule has 15 heavy (non-hydrogen) atoms. The SMILES string of the molecule is Cc1nc2c(c3ccccc3n2C)n1C. The van der Waals surface area contributed by atoms with Gasteiger partial charge in [-0.3, -0.25) is 0 Å². The van der Waals surface area contributed by atoms with E-state index in [2.05, 4.69) is 52.5 Å². The van der Waals surface area contributed by atoms with Gasteiger partial charge in [0.2, 0.25) is 0 Å². The van der Waals surface area contributed by atoms with Gasteiger partial charge in [0.05, 0.1) is 11.0 Å². The summed E-state index contributed by atoms with van der Waals surface area (Å²) in [5.41, 5.74) is 3.53. The number of benzene rings is 1. The quantitative estimate of drug-likeness (QED) is 0.545. The highest BCUT2D eigenvalue weighted by molar-refractivity contribution is 6.04. The normalized spacial score (nSPS) is 11.7. The molecule has 0 aliphatic heterocycles. The largest absolute Gasteiger partial charge is 0.329 e. The fourth-order valence-corrected chi connectivity index (χ4v) is 2.21. The van der Waals surface area contributed by atoms with E-state index in [1.54, 1.807) is 0 Å². The second-order valence-electron chi connectivity index (χ2n) is 3.97. The van der Waals surface area contributed by atoms with Crippen LogP contribution in [0.2, 0.25) is 0 Å². The monoisotopic (exact) mass is 199 g/mol. The first-order valence-corrected chi connectivity index (χ1v) is 5.06. The summed E-state index contributed by atoms with van der Waals surface area (Å²) in [6.07, 6.45) is 0. The average molecular weight is 199 g/mol. The summed E-state index contributed by atoms with van der Waals surface area (Å²) in [6.45, 7) is 2.04. The van der Waals surface area contributed by atoms with Crippen LogP contribution in [0.3, 0.4) is 0 Å². The van der Waals surface area contributed by atoms with Gasteiger partial charge in [-0.2, -0.15) is 0 Å². The molecule has 0 fully saturated rings. The molecular weight excluding hydrogens is 186 g/mol. The second-order valence-corrected chi connectivity index (χ2v) is 3.97. The van der Waals surface area contributed by atoms with Crippen molar-refractivity contribution in [3.63, 3.8) is 0 Å². The summed E-state index contributed by atoms with van der Waals surface area (Å²) in [5.74, 6) is 1.06. The van der Waals surface area contributed by atoms with Crippen molar-refractivity contribution in [2.75, 3.05) is 0 Å². The van der Waals surface area contributed by atoms with Gasteiger partial charge in [0.1, 0.15) is 5.82 Å². The molecule has 0 saturated heterocycles. The van der Waals surface area contributed by atoms with Gasteiger partial charge in [-0.05, 0) is 13.0 Å². The second kappa shape index (κ2) is 2.63. The fraction of sp³-hybridized carbons (Fsp3) is 0.250. The van der Waals surface area contributed by atoms with Crippen molar-refractivity contribution >= 4 is 22.1 Å². The highest BCUT2D eigenvalue weighted by atomic mass is 15.1. The predicted molar refractivity (Wildman–Crippen MR) is 61.9 cm³/mol. The van der Waals surface area contributed by atoms with Gasteiger partial charge in [0.25, 0.3) is 0 Å². The number of hydrogen-bond acceptors (Lipinski definition) is 1. The van der Waals surface area contributed by atoms with E-state index >= 15 is 0 Å². The molecule has 0 unspecified atom stereocenters. The van der Waals surface area contributed by atoms with Crippen molar-refractivity contribution in [3.8, 4) is 0 Å². The molecule has 0 spiro atoms. The van der Waals surface area contributed by atoms with E-state index in [1.165, 1.54) is 16.4 Å². The molecule has 76 valence electrons. The van der Waals surface area contributed by atoms with Crippen LogP contribution in [-0.4, -0.2) is 14.1 Å². The van der Waals surface area contributed by atoms with Crippen LogP contribution in [0.4, 0.5) is 0 Å². The summed E-state index contributed by atoms with van der Waals surface area (Å²) < 4.78 is 4.30. The molecule has 3 nitrogen and oxygen atoms in total. The maximum absolute atomic E-state index is 4.58. The molecular formula is C12H13N3. The molecule has 0 aliphatic rings. The van der Waals surface area contributed by atoms with Gasteiger partial charge in [-0.1, -0.05) is 18.2 Å². The van der Waals surface area contributed by atoms with Crippen LogP contribution in [0.15, 0.2) is 24.3 Å². The fourth-order valence-electron chi connectivity index (χ4n) is 2.21. The molecule has 0 N–H and O–H groups in total. The average Bonchev–Trinajstić information content (AvgIpc) is 2.68. The number of para-hydroxylation sites is 1. The molecule has 2 heterocycles. The van der Waals surface area contributed by atoms with Crippen LogP contribution in [0, 0.1) is 6.92 Å². The Labute approximate surface area is 87.9 Å². The Hall–Kier alpha value is -1.77. The van der Waals surface area contributed by atoms with Gasteiger partial charge in [-0.25, -0.2) is 4.98 Å². The van der Waals surface area contributed by atoms with Crippen molar-refractivity contribution in [1.82, 2.24) is 14.1 Å². The molecule has 3 heteroatoms. The number of rotatable bonds is 0. The maximum Gasteiger partial charge on any atom is 0.159 e. The van der Waals surface area contributed by atoms with E-state index < -0.39 is 0 Å². The number of nitrogens with zero attached hydrogens (tertiary/aromatic N) is 3. The lowest BCUT2D eigenvalue weighted by molar-refractivity contribution is 0.885. The smallest absolute Gasteiger partial charge is 0.159 e. The summed E-state index contributed by atoms with van der Waals surface area (Å²) >= 11 is 0. The minimum atomic E-state index is 1.06. The summed E-state index contributed by atoms with van der Waals surface area (Å²) in [7, 11) is 4.13. The van der Waals surface area contributed by atoms with E-state index in [-0.39, 0.29) is 0 Å². The third-order valence-corrected chi connectivity index (χ3v) is 3.14. The molecule has 0 bridgehead atoms. The Morgan fingerprint density at radius 2 is 1.80 bits per heavy atom. The third kappa shape index (κ3) is 0.923. The van der Waals surface area contributed by atoms with Crippen molar-refractivity contribution < 1.29 is 0 Å². The summed E-state index contributed by atoms with van der Waals surface area (Å²) in [4.78, 5) is 4.58. The van der Waals surface area contributed by atoms with Crippen LogP contribution in [0.25, 0.3) is 22.1 Å². The Morgan fingerprint density at radius 3 is 2.60 bits per heavy atom. The predicted octanol–water partition coefficient (Wildman–Crippen LogP) is 2.37. The standard InChI is InChI=1S/C12H13N3/c1-8-13-12-11(14(8)2)9-6-4-5-7-10(9)15(12)3/h4-7H,1-3H3. The van der Waals surface area contributed by atoms with Crippen molar-refractivity contribution in [2.45, 2.75) is 6.92 Å². The van der Waals surface area contributed by atoms with E-state index in [4.69, 9.17) is 0 Å². The molecule has 0 saturated carbocycles. The third-order valence-electron chi connectivity index (χ3n) is 3.14. The van der Waals surface area contributed by atoms with Gasteiger partial charge in [0, 0.05) is 19.5 Å². The Balaban J connectivity index is 2.68. The van der Waals surface area contributed by atoms with Crippen LogP contribution in [0.1, 0.15) is 5.82 Å². The number of hydrogen-bond donors (Lipinski definition) is 0. The zero-order valence-electron chi connectivity index (χ0n) is 9.15. The van der Waals surface area contributed by atoms with E-state index in [9.17, 15) is 0 Å². The molecule has 0 aliphatic carbocycles. The van der Waals surface area contributed by atoms with Crippen LogP contribution in [-0.2, 0) is 14.1 Å². The zero-order valence-corrected chi connectivity index (χ0v) is 9.15. The molecule has 0 radical (unpaired) electrons. The van der Waals surface area contributed by atoms with Gasteiger partial charge >= 0.3 is 0 Å². The van der Waals surface area contributed by atoms with Crippen molar-refractivity contribution in [3.05, 3.63) is 30.1 Å². The zero-order chi connectivity index (χ0) is 10.6. The first kappa shape index (κ1) is 8.53. The number of fused-ring (bicyclic) bond motifs is 3. The first-order chi connectivity index (χ1) is 7.20. The van der Waals surface area contributed by atoms with Crippen LogP contribution >= 0.6 is 0 Å². The van der Waals surface area contributed by atoms with Gasteiger partial charge < -0.3 is 9.13 Å². The topological polar surface area (TPSA) is 22.8 Å². The number of aromatic nitrogens is 3. The molecule has 0 amide bonds. The Morgan fingerprint density at radius 1 is 1.07 bits per heavy atom. The minimum absolute atomic E-state index is 1.06. The maximum atomic E-state index is 4.58. The first-order valence-electron chi connectivity index (χ1n) is 5.06. The Kier molecular flexibility index (Phi) is 1.49. The van der Waals surface area contributed by atoms with Crippen molar-refractivity contribution in [1.29, 1.82) is 0 Å². The van der Waals surface area contributed by atoms with E-state index in [0.717, 1.165) is 11.5 Å². The summed E-state index contributed by atoms with van der Waals surface area (Å²) in [5, 5.41) is 1.28. The van der Waals surface area contributed by atoms with Crippen LogP contribution < -0.4 is 0 Å². The van der Waals surface area contributed by atoms with Gasteiger partial charge in [0.15, 0.2) is 5.65 Å². The van der Waals surface area contributed by atoms with Crippen molar-refractivity contribution in [2.24, 2.45) is 14.1 Å². The minimum Gasteiger partial charge on any atom is -0.329 e. The molecule has 3 rings (SSSR count). The molecule has 1 aromatic carbocycles. The Bertz CT molecular complexity index is 658. The molecule has 2 aromatic heterocycles. The number of imidazole rings is 1. The molecule has 3 aromatic rings. The number of aryl methyl sites for hydroxylation is 3. The van der Waals surface area contributed by atoms with Gasteiger partial charge in [-0.15, -0.1) is 0 Å². The molecule has 0 atom stereocenters. The van der Waals surface area contributed by atoms with E-state index in [1.807, 2.05) is 6.92 Å². The lowest BCUT2D eigenvalue weighted by Gasteiger charge is -1.97. The lowest BCUT2D eigenvalue weighted by atomic mass is 10.2. The summed E-state index contributed by atoms with van der Waals surface area (Å²) in [6, 6.07) is 8.42. The van der Waals surface area contributed by atoms with Crippen LogP contribution in [0.5, 0.6) is 0 Å². The highest BCUT2D eigenvalue weighted by Gasteiger charge is 2.13. The van der Waals surface area contributed by atoms with E-state index in [0.29, 0.717) is 0 Å².